The van der Waals surface area contributed by atoms with Gasteiger partial charge >= 0.3 is 6.09 Å². The molecule has 0 saturated carbocycles. The summed E-state index contributed by atoms with van der Waals surface area (Å²) in [7, 11) is 0. The summed E-state index contributed by atoms with van der Waals surface area (Å²) in [6, 6.07) is 20.2. The van der Waals surface area contributed by atoms with Crippen LogP contribution in [0.1, 0.15) is 121 Å². The van der Waals surface area contributed by atoms with E-state index in [1.807, 2.05) is 36.4 Å². The zero-order valence-electron chi connectivity index (χ0n) is 23.5. The van der Waals surface area contributed by atoms with Gasteiger partial charge in [-0.25, -0.2) is 4.79 Å². The molecule has 0 atom stereocenters. The van der Waals surface area contributed by atoms with Crippen molar-refractivity contribution in [2.24, 2.45) is 0 Å². The number of hydroxylamine groups is 2. The van der Waals surface area contributed by atoms with E-state index in [2.05, 4.69) is 36.5 Å². The van der Waals surface area contributed by atoms with E-state index in [0.29, 0.717) is 19.6 Å². The largest absolute Gasteiger partial charge is 0.426 e. The van der Waals surface area contributed by atoms with Crippen molar-refractivity contribution in [3.8, 4) is 0 Å². The van der Waals surface area contributed by atoms with Gasteiger partial charge in [-0.05, 0) is 17.5 Å². The van der Waals surface area contributed by atoms with E-state index >= 15 is 0 Å². The molecular formula is C33H52N2O2. The molecule has 0 aliphatic heterocycles. The summed E-state index contributed by atoms with van der Waals surface area (Å²) >= 11 is 0. The minimum Gasteiger partial charge on any atom is -0.350 e. The molecule has 1 amide bonds. The Morgan fingerprint density at radius 3 is 1.38 bits per heavy atom. The monoisotopic (exact) mass is 508 g/mol. The number of hydrogen-bond donors (Lipinski definition) is 1. The third-order valence-electron chi connectivity index (χ3n) is 6.92. The minimum absolute atomic E-state index is 0.368. The van der Waals surface area contributed by atoms with Crippen molar-refractivity contribution >= 4 is 6.09 Å². The summed E-state index contributed by atoms with van der Waals surface area (Å²) < 4.78 is 0. The van der Waals surface area contributed by atoms with Crippen molar-refractivity contribution in [3.05, 3.63) is 71.8 Å². The molecule has 1 N–H and O–H groups in total. The van der Waals surface area contributed by atoms with E-state index in [9.17, 15) is 4.79 Å². The van der Waals surface area contributed by atoms with E-state index in [4.69, 9.17) is 4.84 Å². The Morgan fingerprint density at radius 2 is 0.973 bits per heavy atom. The van der Waals surface area contributed by atoms with Crippen molar-refractivity contribution in [2.75, 3.05) is 6.54 Å². The lowest BCUT2D eigenvalue weighted by molar-refractivity contribution is -0.115. The van der Waals surface area contributed by atoms with Gasteiger partial charge in [0, 0.05) is 6.54 Å². The van der Waals surface area contributed by atoms with Crippen molar-refractivity contribution < 1.29 is 9.63 Å². The highest BCUT2D eigenvalue weighted by Gasteiger charge is 2.13. The van der Waals surface area contributed by atoms with Gasteiger partial charge in [0.05, 0.1) is 13.1 Å². The second-order valence-corrected chi connectivity index (χ2v) is 10.4. The Bertz CT molecular complexity index is 740. The maximum atomic E-state index is 12.4. The standard InChI is InChI=1S/C33H52N2O2/c1-2-3-4-5-6-7-8-9-10-11-12-13-14-15-16-23-28-34-33(36)37-35(29-31-24-19-17-20-25-31)30-32-26-21-18-22-27-32/h17-22,24-27H,2-16,23,28-30H2,1H3,(H,34,36). The van der Waals surface area contributed by atoms with Crippen LogP contribution in [0, 0.1) is 0 Å². The number of unbranched alkanes of at least 4 members (excludes halogenated alkanes) is 15. The number of nitrogens with zero attached hydrogens (tertiary/aromatic N) is 1. The first kappa shape index (κ1) is 30.9. The lowest BCUT2D eigenvalue weighted by Gasteiger charge is -2.21. The van der Waals surface area contributed by atoms with E-state index in [0.717, 1.165) is 24.0 Å². The minimum atomic E-state index is -0.368. The predicted octanol–water partition coefficient (Wildman–Crippen LogP) is 9.59. The molecule has 4 nitrogen and oxygen atoms in total. The molecule has 0 saturated heterocycles. The second kappa shape index (κ2) is 21.7. The highest BCUT2D eigenvalue weighted by atomic mass is 16.7. The van der Waals surface area contributed by atoms with Gasteiger partial charge in [-0.1, -0.05) is 164 Å². The molecule has 0 heterocycles. The van der Waals surface area contributed by atoms with Crippen LogP contribution in [-0.2, 0) is 17.9 Å². The molecular weight excluding hydrogens is 456 g/mol. The third-order valence-corrected chi connectivity index (χ3v) is 6.92. The van der Waals surface area contributed by atoms with E-state index in [1.54, 1.807) is 5.06 Å². The van der Waals surface area contributed by atoms with Gasteiger partial charge in [0.2, 0.25) is 0 Å². The first-order chi connectivity index (χ1) is 18.3. The molecule has 0 fully saturated rings. The predicted molar refractivity (Wildman–Crippen MR) is 156 cm³/mol. The molecule has 2 aromatic carbocycles. The van der Waals surface area contributed by atoms with Gasteiger partial charge in [0.15, 0.2) is 0 Å². The van der Waals surface area contributed by atoms with Crippen LogP contribution < -0.4 is 5.32 Å². The van der Waals surface area contributed by atoms with E-state index < -0.39 is 0 Å². The molecule has 206 valence electrons. The number of carbonyl (C=O) groups excluding carboxylic acids is 1. The normalized spacial score (nSPS) is 11.1. The summed E-state index contributed by atoms with van der Waals surface area (Å²) in [6.45, 7) is 4.07. The Morgan fingerprint density at radius 1 is 0.595 bits per heavy atom. The van der Waals surface area contributed by atoms with Crippen LogP contribution in [-0.4, -0.2) is 17.7 Å². The van der Waals surface area contributed by atoms with Crippen molar-refractivity contribution in [2.45, 2.75) is 123 Å². The molecule has 0 unspecified atom stereocenters. The molecule has 0 radical (unpaired) electrons. The Kier molecular flexibility index (Phi) is 18.1. The fourth-order valence-corrected chi connectivity index (χ4v) is 4.71. The van der Waals surface area contributed by atoms with Gasteiger partial charge in [-0.15, -0.1) is 5.06 Å². The Balaban J connectivity index is 1.46. The summed E-state index contributed by atoms with van der Waals surface area (Å²) in [6.07, 6.45) is 21.2. The van der Waals surface area contributed by atoms with Crippen LogP contribution in [0.2, 0.25) is 0 Å². The van der Waals surface area contributed by atoms with Crippen molar-refractivity contribution in [1.29, 1.82) is 0 Å². The second-order valence-electron chi connectivity index (χ2n) is 10.4. The van der Waals surface area contributed by atoms with E-state index in [-0.39, 0.29) is 6.09 Å². The zero-order chi connectivity index (χ0) is 26.2. The molecule has 0 aliphatic carbocycles. The maximum absolute atomic E-state index is 12.4. The van der Waals surface area contributed by atoms with Crippen molar-refractivity contribution in [1.82, 2.24) is 10.4 Å². The maximum Gasteiger partial charge on any atom is 0.426 e. The van der Waals surface area contributed by atoms with Gasteiger partial charge in [0.25, 0.3) is 0 Å². The number of nitrogens with one attached hydrogen (secondary N) is 1. The highest BCUT2D eigenvalue weighted by molar-refractivity contribution is 5.66. The number of rotatable bonds is 22. The molecule has 0 aromatic heterocycles. The summed E-state index contributed by atoms with van der Waals surface area (Å²) in [5, 5.41) is 4.66. The Labute approximate surface area is 227 Å². The molecule has 4 heteroatoms. The fourth-order valence-electron chi connectivity index (χ4n) is 4.71. The van der Waals surface area contributed by atoms with Crippen molar-refractivity contribution in [3.63, 3.8) is 0 Å². The summed E-state index contributed by atoms with van der Waals surface area (Å²) in [4.78, 5) is 18.1. The first-order valence-electron chi connectivity index (χ1n) is 15.1. The van der Waals surface area contributed by atoms with Crippen LogP contribution in [0.25, 0.3) is 0 Å². The zero-order valence-corrected chi connectivity index (χ0v) is 23.5. The van der Waals surface area contributed by atoms with Crippen LogP contribution in [0.15, 0.2) is 60.7 Å². The van der Waals surface area contributed by atoms with Crippen LogP contribution in [0.4, 0.5) is 4.79 Å². The summed E-state index contributed by atoms with van der Waals surface area (Å²) in [5.74, 6) is 0. The van der Waals surface area contributed by atoms with Gasteiger partial charge in [-0.2, -0.15) is 0 Å². The Hall–Kier alpha value is -2.33. The number of benzene rings is 2. The molecule has 2 aromatic rings. The van der Waals surface area contributed by atoms with Gasteiger partial charge in [0.1, 0.15) is 0 Å². The quantitative estimate of drug-likeness (QED) is 0.127. The third kappa shape index (κ3) is 16.9. The smallest absolute Gasteiger partial charge is 0.350 e. The number of amides is 1. The van der Waals surface area contributed by atoms with Crippen LogP contribution in [0.3, 0.4) is 0 Å². The number of carbonyl (C=O) groups is 1. The summed E-state index contributed by atoms with van der Waals surface area (Å²) in [5.41, 5.74) is 2.23. The lowest BCUT2D eigenvalue weighted by atomic mass is 10.0. The van der Waals surface area contributed by atoms with Gasteiger partial charge < -0.3 is 10.2 Å². The molecule has 0 spiro atoms. The average molecular weight is 509 g/mol. The highest BCUT2D eigenvalue weighted by Crippen LogP contribution is 2.14. The van der Waals surface area contributed by atoms with Crippen LogP contribution >= 0.6 is 0 Å². The first-order valence-corrected chi connectivity index (χ1v) is 15.1. The van der Waals surface area contributed by atoms with Gasteiger partial charge in [-0.3, -0.25) is 0 Å². The van der Waals surface area contributed by atoms with Crippen LogP contribution in [0.5, 0.6) is 0 Å². The molecule has 37 heavy (non-hydrogen) atoms. The van der Waals surface area contributed by atoms with E-state index in [1.165, 1.54) is 89.9 Å². The SMILES string of the molecule is CCCCCCCCCCCCCCCCCCNC(=O)ON(Cc1ccccc1)Cc1ccccc1. The fraction of sp³-hybridized carbons (Fsp3) is 0.606. The lowest BCUT2D eigenvalue weighted by Crippen LogP contribution is -2.34. The average Bonchev–Trinajstić information content (AvgIpc) is 2.91. The molecule has 2 rings (SSSR count). The number of hydrogen-bond acceptors (Lipinski definition) is 3. The topological polar surface area (TPSA) is 41.6 Å². The molecule has 0 bridgehead atoms. The molecule has 0 aliphatic rings.